The highest BCUT2D eigenvalue weighted by molar-refractivity contribution is 5.94. The Kier molecular flexibility index (Phi) is 7.35. The fraction of sp³-hybridized carbons (Fsp3) is 0.500. The first kappa shape index (κ1) is 18.5. The van der Waals surface area contributed by atoms with E-state index < -0.39 is 0 Å². The first-order chi connectivity index (χ1) is 10.1. The minimum absolute atomic E-state index is 0. The van der Waals surface area contributed by atoms with Crippen molar-refractivity contribution in [3.63, 3.8) is 0 Å². The number of halogens is 1. The predicted molar refractivity (Wildman–Crippen MR) is 89.3 cm³/mol. The fourth-order valence-corrected chi connectivity index (χ4v) is 2.60. The van der Waals surface area contributed by atoms with Crippen LogP contribution in [-0.4, -0.2) is 61.4 Å². The van der Waals surface area contributed by atoms with Crippen LogP contribution in [0.1, 0.15) is 17.3 Å². The first-order valence-corrected chi connectivity index (χ1v) is 7.41. The molecule has 1 N–H and O–H groups in total. The van der Waals surface area contributed by atoms with Crippen LogP contribution in [0.5, 0.6) is 0 Å². The fourth-order valence-electron chi connectivity index (χ4n) is 2.60. The summed E-state index contributed by atoms with van der Waals surface area (Å²) in [6.07, 6.45) is 0. The Morgan fingerprint density at radius 2 is 1.64 bits per heavy atom. The highest BCUT2D eigenvalue weighted by Gasteiger charge is 2.26. The van der Waals surface area contributed by atoms with Gasteiger partial charge in [-0.25, -0.2) is 0 Å². The average molecular weight is 326 g/mol. The number of amides is 2. The normalized spacial score (nSPS) is 15.9. The van der Waals surface area contributed by atoms with E-state index in [4.69, 9.17) is 0 Å². The third-order valence-electron chi connectivity index (χ3n) is 3.83. The third kappa shape index (κ3) is 4.45. The topological polar surface area (TPSA) is 52.7 Å². The number of hydrogen-bond acceptors (Lipinski definition) is 3. The summed E-state index contributed by atoms with van der Waals surface area (Å²) >= 11 is 0. The zero-order valence-corrected chi connectivity index (χ0v) is 13.9. The van der Waals surface area contributed by atoms with Crippen LogP contribution < -0.4 is 5.32 Å². The molecule has 0 saturated carbocycles. The van der Waals surface area contributed by atoms with Crippen molar-refractivity contribution in [3.8, 4) is 0 Å². The second kappa shape index (κ2) is 8.76. The molecule has 1 fully saturated rings. The summed E-state index contributed by atoms with van der Waals surface area (Å²) in [6, 6.07) is 9.29. The van der Waals surface area contributed by atoms with E-state index in [1.165, 1.54) is 0 Å². The molecule has 1 saturated heterocycles. The molecule has 2 rings (SSSR count). The van der Waals surface area contributed by atoms with Gasteiger partial charge in [0.15, 0.2) is 0 Å². The maximum Gasteiger partial charge on any atom is 0.253 e. The van der Waals surface area contributed by atoms with Crippen molar-refractivity contribution in [2.75, 3.05) is 39.8 Å². The van der Waals surface area contributed by atoms with E-state index in [-0.39, 0.29) is 30.1 Å². The summed E-state index contributed by atoms with van der Waals surface area (Å²) in [4.78, 5) is 28.2. The molecule has 5 nitrogen and oxygen atoms in total. The van der Waals surface area contributed by atoms with E-state index >= 15 is 0 Å². The summed E-state index contributed by atoms with van der Waals surface area (Å²) in [6.45, 7) is 5.05. The molecule has 1 aromatic carbocycles. The van der Waals surface area contributed by atoms with Crippen LogP contribution in [0.25, 0.3) is 0 Å². The zero-order valence-electron chi connectivity index (χ0n) is 13.1. The van der Waals surface area contributed by atoms with Crippen molar-refractivity contribution in [1.82, 2.24) is 15.1 Å². The number of nitrogens with zero attached hydrogens (tertiary/aromatic N) is 2. The van der Waals surface area contributed by atoms with Crippen LogP contribution in [0, 0.1) is 5.92 Å². The SMILES string of the molecule is CNCC(C)C(=O)N1CCN(C(=O)c2ccccc2)CC1.Cl. The van der Waals surface area contributed by atoms with E-state index in [1.807, 2.05) is 54.1 Å². The number of carbonyl (C=O) groups is 2. The largest absolute Gasteiger partial charge is 0.339 e. The van der Waals surface area contributed by atoms with Gasteiger partial charge in [-0.05, 0) is 19.2 Å². The lowest BCUT2D eigenvalue weighted by Crippen LogP contribution is -2.52. The number of rotatable bonds is 4. The van der Waals surface area contributed by atoms with Crippen molar-refractivity contribution < 1.29 is 9.59 Å². The van der Waals surface area contributed by atoms with Crippen LogP contribution >= 0.6 is 12.4 Å². The maximum atomic E-state index is 12.3. The van der Waals surface area contributed by atoms with Gasteiger partial charge < -0.3 is 15.1 Å². The molecular weight excluding hydrogens is 302 g/mol. The molecule has 0 aliphatic carbocycles. The second-order valence-corrected chi connectivity index (χ2v) is 5.44. The van der Waals surface area contributed by atoms with Crippen LogP contribution in [0.3, 0.4) is 0 Å². The molecule has 122 valence electrons. The molecule has 1 unspecified atom stereocenters. The van der Waals surface area contributed by atoms with Crippen LogP contribution in [0.2, 0.25) is 0 Å². The monoisotopic (exact) mass is 325 g/mol. The zero-order chi connectivity index (χ0) is 15.2. The Balaban J connectivity index is 0.00000242. The van der Waals surface area contributed by atoms with E-state index in [9.17, 15) is 9.59 Å². The molecule has 22 heavy (non-hydrogen) atoms. The molecule has 1 atom stereocenters. The van der Waals surface area contributed by atoms with Gasteiger partial charge in [-0.2, -0.15) is 0 Å². The minimum Gasteiger partial charge on any atom is -0.339 e. The Bertz CT molecular complexity index is 487. The van der Waals surface area contributed by atoms with Crippen molar-refractivity contribution in [2.45, 2.75) is 6.92 Å². The lowest BCUT2D eigenvalue weighted by Gasteiger charge is -2.36. The van der Waals surface area contributed by atoms with Gasteiger partial charge in [0, 0.05) is 44.2 Å². The van der Waals surface area contributed by atoms with Crippen molar-refractivity contribution in [3.05, 3.63) is 35.9 Å². The van der Waals surface area contributed by atoms with Gasteiger partial charge >= 0.3 is 0 Å². The van der Waals surface area contributed by atoms with Crippen molar-refractivity contribution in [2.24, 2.45) is 5.92 Å². The molecule has 2 amide bonds. The summed E-state index contributed by atoms with van der Waals surface area (Å²) in [5, 5.41) is 3.02. The van der Waals surface area contributed by atoms with Crippen LogP contribution in [0.15, 0.2) is 30.3 Å². The number of hydrogen-bond donors (Lipinski definition) is 1. The average Bonchev–Trinajstić information content (AvgIpc) is 2.54. The molecule has 6 heteroatoms. The summed E-state index contributed by atoms with van der Waals surface area (Å²) in [5.74, 6) is 0.188. The van der Waals surface area contributed by atoms with Crippen LogP contribution in [0.4, 0.5) is 0 Å². The Labute approximate surface area is 138 Å². The number of benzene rings is 1. The summed E-state index contributed by atoms with van der Waals surface area (Å²) < 4.78 is 0. The smallest absolute Gasteiger partial charge is 0.253 e. The maximum absolute atomic E-state index is 12.3. The van der Waals surface area contributed by atoms with Gasteiger partial charge in [0.2, 0.25) is 5.91 Å². The van der Waals surface area contributed by atoms with E-state index in [0.29, 0.717) is 38.3 Å². The Morgan fingerprint density at radius 1 is 1.09 bits per heavy atom. The standard InChI is InChI=1S/C16H23N3O2.ClH/c1-13(12-17-2)15(20)18-8-10-19(11-9-18)16(21)14-6-4-3-5-7-14;/h3-7,13,17H,8-12H2,1-2H3;1H. The molecular formula is C16H24ClN3O2. The third-order valence-corrected chi connectivity index (χ3v) is 3.83. The summed E-state index contributed by atoms with van der Waals surface area (Å²) in [7, 11) is 1.85. The molecule has 0 bridgehead atoms. The molecule has 1 aliphatic rings. The molecule has 0 aromatic heterocycles. The van der Waals surface area contributed by atoms with Crippen molar-refractivity contribution >= 4 is 24.2 Å². The number of carbonyl (C=O) groups excluding carboxylic acids is 2. The minimum atomic E-state index is -0.0219. The lowest BCUT2D eigenvalue weighted by atomic mass is 10.1. The first-order valence-electron chi connectivity index (χ1n) is 7.41. The van der Waals surface area contributed by atoms with E-state index in [0.717, 1.165) is 0 Å². The predicted octanol–water partition coefficient (Wildman–Crippen LogP) is 1.25. The van der Waals surface area contributed by atoms with E-state index in [1.54, 1.807) is 0 Å². The number of nitrogens with one attached hydrogen (secondary N) is 1. The summed E-state index contributed by atoms with van der Waals surface area (Å²) in [5.41, 5.74) is 0.709. The molecule has 0 spiro atoms. The highest BCUT2D eigenvalue weighted by Crippen LogP contribution is 2.11. The Morgan fingerprint density at radius 3 is 2.18 bits per heavy atom. The lowest BCUT2D eigenvalue weighted by molar-refractivity contribution is -0.136. The van der Waals surface area contributed by atoms with Gasteiger partial charge in [0.05, 0.1) is 0 Å². The van der Waals surface area contributed by atoms with Gasteiger partial charge in [0.1, 0.15) is 0 Å². The van der Waals surface area contributed by atoms with Gasteiger partial charge in [-0.15, -0.1) is 12.4 Å². The number of piperazine rings is 1. The Hall–Kier alpha value is -1.59. The van der Waals surface area contributed by atoms with Gasteiger partial charge in [-0.1, -0.05) is 25.1 Å². The molecule has 1 aliphatic heterocycles. The van der Waals surface area contributed by atoms with Crippen molar-refractivity contribution in [1.29, 1.82) is 0 Å². The van der Waals surface area contributed by atoms with Crippen LogP contribution in [-0.2, 0) is 4.79 Å². The second-order valence-electron chi connectivity index (χ2n) is 5.44. The highest BCUT2D eigenvalue weighted by atomic mass is 35.5. The molecule has 0 radical (unpaired) electrons. The quantitative estimate of drug-likeness (QED) is 0.906. The molecule has 1 heterocycles. The van der Waals surface area contributed by atoms with Gasteiger partial charge in [-0.3, -0.25) is 9.59 Å². The van der Waals surface area contributed by atoms with E-state index in [2.05, 4.69) is 5.32 Å². The van der Waals surface area contributed by atoms with Gasteiger partial charge in [0.25, 0.3) is 5.91 Å². The molecule has 1 aromatic rings.